The number of hydrogen-bond acceptors (Lipinski definition) is 5. The third-order valence-electron chi connectivity index (χ3n) is 4.29. The maximum atomic E-state index is 13.0. The first-order valence-electron chi connectivity index (χ1n) is 8.84. The third kappa shape index (κ3) is 5.29. The van der Waals surface area contributed by atoms with Crippen LogP contribution in [0.4, 0.5) is 4.39 Å². The van der Waals surface area contributed by atoms with Crippen molar-refractivity contribution < 1.29 is 4.39 Å². The lowest BCUT2D eigenvalue weighted by atomic mass is 10.2. The van der Waals surface area contributed by atoms with Gasteiger partial charge in [-0.25, -0.2) is 4.39 Å². The summed E-state index contributed by atoms with van der Waals surface area (Å²) in [6, 6.07) is 14.4. The van der Waals surface area contributed by atoms with Crippen LogP contribution < -0.4 is 0 Å². The van der Waals surface area contributed by atoms with Gasteiger partial charge in [0.05, 0.1) is 6.04 Å². The van der Waals surface area contributed by atoms with E-state index in [1.807, 2.05) is 38.4 Å². The molecule has 0 aliphatic rings. The highest BCUT2D eigenvalue weighted by Crippen LogP contribution is 2.28. The van der Waals surface area contributed by atoms with Crippen LogP contribution in [0.3, 0.4) is 0 Å². The topological polar surface area (TPSA) is 34.0 Å². The summed E-state index contributed by atoms with van der Waals surface area (Å²) in [5, 5.41) is 10.4. The van der Waals surface area contributed by atoms with Crippen LogP contribution in [0.5, 0.6) is 0 Å². The quantitative estimate of drug-likeness (QED) is 0.340. The summed E-state index contributed by atoms with van der Waals surface area (Å²) in [6.45, 7) is 2.11. The van der Waals surface area contributed by atoms with E-state index in [4.69, 9.17) is 11.6 Å². The van der Waals surface area contributed by atoms with E-state index < -0.39 is 0 Å². The molecule has 0 fully saturated rings. The Morgan fingerprint density at radius 2 is 1.64 bits per heavy atom. The second-order valence-corrected chi connectivity index (χ2v) is 9.11. The van der Waals surface area contributed by atoms with E-state index in [9.17, 15) is 4.39 Å². The minimum Gasteiger partial charge on any atom is -0.300 e. The van der Waals surface area contributed by atoms with Crippen LogP contribution in [0.2, 0.25) is 5.02 Å². The number of hydrogen-bond donors (Lipinski definition) is 0. The number of rotatable bonds is 8. The molecule has 1 unspecified atom stereocenters. The molecule has 3 rings (SSSR count). The lowest BCUT2D eigenvalue weighted by Crippen LogP contribution is -2.20. The van der Waals surface area contributed by atoms with Gasteiger partial charge in [-0.15, -0.1) is 22.0 Å². The Kier molecular flexibility index (Phi) is 7.40. The summed E-state index contributed by atoms with van der Waals surface area (Å²) >= 11 is 9.42. The first kappa shape index (κ1) is 21.2. The monoisotopic (exact) mass is 436 g/mol. The Labute approximate surface area is 178 Å². The average Bonchev–Trinajstić information content (AvgIpc) is 3.10. The van der Waals surface area contributed by atoms with Crippen molar-refractivity contribution >= 4 is 35.1 Å². The lowest BCUT2D eigenvalue weighted by molar-refractivity contribution is 0.305. The molecule has 28 heavy (non-hydrogen) atoms. The van der Waals surface area contributed by atoms with Gasteiger partial charge in [0.15, 0.2) is 11.0 Å². The highest BCUT2D eigenvalue weighted by Gasteiger charge is 2.20. The van der Waals surface area contributed by atoms with Gasteiger partial charge < -0.3 is 0 Å². The van der Waals surface area contributed by atoms with Gasteiger partial charge in [-0.1, -0.05) is 23.4 Å². The van der Waals surface area contributed by atoms with Gasteiger partial charge in [0.25, 0.3) is 0 Å². The number of aromatic nitrogens is 3. The summed E-state index contributed by atoms with van der Waals surface area (Å²) in [6.07, 6.45) is 0. The van der Waals surface area contributed by atoms with E-state index in [1.165, 1.54) is 12.1 Å². The molecule has 0 radical (unpaired) electrons. The zero-order valence-electron chi connectivity index (χ0n) is 16.0. The van der Waals surface area contributed by atoms with Crippen LogP contribution >= 0.6 is 35.1 Å². The molecule has 0 saturated heterocycles. The molecule has 0 N–H and O–H groups in total. The zero-order valence-corrected chi connectivity index (χ0v) is 18.4. The molecule has 0 spiro atoms. The van der Waals surface area contributed by atoms with Crippen molar-refractivity contribution in [1.29, 1.82) is 0 Å². The molecule has 4 nitrogen and oxygen atoms in total. The number of halogens is 2. The van der Waals surface area contributed by atoms with Crippen LogP contribution in [0.1, 0.15) is 18.8 Å². The maximum absolute atomic E-state index is 13.0. The number of thioether (sulfide) groups is 2. The molecule has 148 valence electrons. The molecule has 8 heteroatoms. The molecular weight excluding hydrogens is 415 g/mol. The van der Waals surface area contributed by atoms with Gasteiger partial charge in [-0.3, -0.25) is 9.47 Å². The number of nitrogens with zero attached hydrogens (tertiary/aromatic N) is 4. The molecule has 1 heterocycles. The van der Waals surface area contributed by atoms with Crippen molar-refractivity contribution in [2.75, 3.05) is 25.6 Å². The minimum atomic E-state index is -0.211. The molecule has 1 atom stereocenters. The van der Waals surface area contributed by atoms with Crippen LogP contribution in [0.25, 0.3) is 5.69 Å². The summed E-state index contributed by atoms with van der Waals surface area (Å²) in [4.78, 5) is 3.16. The Hall–Kier alpha value is -1.54. The smallest absolute Gasteiger partial charge is 0.195 e. The molecule has 0 bridgehead atoms. The van der Waals surface area contributed by atoms with Crippen LogP contribution in [0.15, 0.2) is 58.6 Å². The van der Waals surface area contributed by atoms with Crippen molar-refractivity contribution in [1.82, 2.24) is 19.7 Å². The molecule has 0 amide bonds. The van der Waals surface area contributed by atoms with Crippen LogP contribution in [-0.2, 0) is 0 Å². The predicted octanol–water partition coefficient (Wildman–Crippen LogP) is 5.57. The van der Waals surface area contributed by atoms with Gasteiger partial charge >= 0.3 is 0 Å². The highest BCUT2D eigenvalue weighted by molar-refractivity contribution is 8.02. The summed E-state index contributed by atoms with van der Waals surface area (Å²) in [5.41, 5.74) is 0.992. The Balaban J connectivity index is 1.74. The normalized spacial score (nSPS) is 12.5. The molecule has 0 saturated carbocycles. The fourth-order valence-corrected chi connectivity index (χ4v) is 4.50. The van der Waals surface area contributed by atoms with Crippen LogP contribution in [-0.4, -0.2) is 45.3 Å². The Bertz CT molecular complexity index is 898. The third-order valence-corrected chi connectivity index (χ3v) is 6.74. The van der Waals surface area contributed by atoms with E-state index in [-0.39, 0.29) is 11.9 Å². The van der Waals surface area contributed by atoms with E-state index in [2.05, 4.69) is 26.6 Å². The Morgan fingerprint density at radius 1 is 1.00 bits per heavy atom. The number of benzene rings is 2. The van der Waals surface area contributed by atoms with E-state index in [0.717, 1.165) is 33.1 Å². The standard InChI is InChI=1S/C20H22ClFN4S2/c1-14(25(2)3)19-23-24-20(26(19)17-8-4-15(21)5-9-17)28-13-12-27-18-10-6-16(22)7-11-18/h4-11,14H,12-13H2,1-3H3. The molecule has 0 aliphatic carbocycles. The second-order valence-electron chi connectivity index (χ2n) is 6.44. The van der Waals surface area contributed by atoms with Gasteiger partial charge in [-0.05, 0) is 69.6 Å². The van der Waals surface area contributed by atoms with Crippen molar-refractivity contribution in [3.8, 4) is 5.69 Å². The molecule has 2 aromatic carbocycles. The van der Waals surface area contributed by atoms with Crippen molar-refractivity contribution in [2.45, 2.75) is 23.0 Å². The van der Waals surface area contributed by atoms with Crippen molar-refractivity contribution in [2.24, 2.45) is 0 Å². The minimum absolute atomic E-state index is 0.117. The van der Waals surface area contributed by atoms with Crippen molar-refractivity contribution in [3.63, 3.8) is 0 Å². The summed E-state index contributed by atoms with van der Waals surface area (Å²) in [5.74, 6) is 2.44. The Morgan fingerprint density at radius 3 is 2.29 bits per heavy atom. The maximum Gasteiger partial charge on any atom is 0.195 e. The predicted molar refractivity (Wildman–Crippen MR) is 116 cm³/mol. The lowest BCUT2D eigenvalue weighted by Gasteiger charge is -2.20. The van der Waals surface area contributed by atoms with Crippen LogP contribution in [0, 0.1) is 5.82 Å². The second kappa shape index (κ2) is 9.78. The van der Waals surface area contributed by atoms with Gasteiger partial charge in [0.2, 0.25) is 0 Å². The van der Waals surface area contributed by atoms with Gasteiger partial charge in [-0.2, -0.15) is 0 Å². The van der Waals surface area contributed by atoms with E-state index in [1.54, 1.807) is 35.7 Å². The van der Waals surface area contributed by atoms with E-state index >= 15 is 0 Å². The highest BCUT2D eigenvalue weighted by atomic mass is 35.5. The average molecular weight is 437 g/mol. The fourth-order valence-electron chi connectivity index (χ4n) is 2.53. The molecule has 1 aromatic heterocycles. The molecule has 3 aromatic rings. The largest absolute Gasteiger partial charge is 0.300 e. The first-order valence-corrected chi connectivity index (χ1v) is 11.2. The van der Waals surface area contributed by atoms with Gasteiger partial charge in [0.1, 0.15) is 5.82 Å². The SMILES string of the molecule is CC(c1nnc(SCCSc2ccc(F)cc2)n1-c1ccc(Cl)cc1)N(C)C. The zero-order chi connectivity index (χ0) is 20.1. The fraction of sp³-hybridized carbons (Fsp3) is 0.300. The summed E-state index contributed by atoms with van der Waals surface area (Å²) < 4.78 is 15.1. The summed E-state index contributed by atoms with van der Waals surface area (Å²) in [7, 11) is 4.05. The van der Waals surface area contributed by atoms with E-state index in [0.29, 0.717) is 5.02 Å². The molecule has 0 aliphatic heterocycles. The van der Waals surface area contributed by atoms with Crippen molar-refractivity contribution in [3.05, 3.63) is 65.2 Å². The molecular formula is C20H22ClFN4S2. The first-order chi connectivity index (χ1) is 13.5. The van der Waals surface area contributed by atoms with Gasteiger partial charge in [0, 0.05) is 27.1 Å².